The molecule has 0 unspecified atom stereocenters. The molecule has 0 amide bonds. The fourth-order valence-electron chi connectivity index (χ4n) is 2.11. The molecule has 0 aromatic heterocycles. The van der Waals surface area contributed by atoms with Crippen LogP contribution >= 0.6 is 11.6 Å². The molecule has 0 aliphatic rings. The first kappa shape index (κ1) is 17.9. The number of carboxylic acids is 1. The highest BCUT2D eigenvalue weighted by Gasteiger charge is 2.04. The minimum Gasteiger partial charge on any atom is -0.490 e. The van der Waals surface area contributed by atoms with Gasteiger partial charge in [0.15, 0.2) is 0 Å². The van der Waals surface area contributed by atoms with Gasteiger partial charge in [-0.2, -0.15) is 0 Å². The molecule has 2 aromatic carbocycles. The number of carboxylic acid groups (broad SMARTS) is 1. The smallest absolute Gasteiger partial charge is 0.328 e. The van der Waals surface area contributed by atoms with Gasteiger partial charge in [0.05, 0.1) is 0 Å². The fourth-order valence-corrected chi connectivity index (χ4v) is 2.29. The molecule has 24 heavy (non-hydrogen) atoms. The van der Waals surface area contributed by atoms with Gasteiger partial charge in [0, 0.05) is 16.7 Å². The average Bonchev–Trinajstić information content (AvgIpc) is 2.54. The molecule has 5 heteroatoms. The predicted molar refractivity (Wildman–Crippen MR) is 95.0 cm³/mol. The van der Waals surface area contributed by atoms with Gasteiger partial charge in [-0.15, -0.1) is 0 Å². The highest BCUT2D eigenvalue weighted by molar-refractivity contribution is 6.30. The van der Waals surface area contributed by atoms with Gasteiger partial charge < -0.3 is 14.6 Å². The van der Waals surface area contributed by atoms with Gasteiger partial charge >= 0.3 is 5.97 Å². The van der Waals surface area contributed by atoms with Crippen LogP contribution in [0, 0.1) is 13.8 Å². The van der Waals surface area contributed by atoms with Gasteiger partial charge in [0.2, 0.25) is 0 Å². The van der Waals surface area contributed by atoms with Crippen molar-refractivity contribution < 1.29 is 19.4 Å². The molecule has 0 saturated carbocycles. The van der Waals surface area contributed by atoms with E-state index in [-0.39, 0.29) is 0 Å². The molecular weight excluding hydrogens is 328 g/mol. The first-order valence-electron chi connectivity index (χ1n) is 7.49. The Morgan fingerprint density at radius 2 is 1.79 bits per heavy atom. The summed E-state index contributed by atoms with van der Waals surface area (Å²) in [6.45, 7) is 4.72. The minimum absolute atomic E-state index is 0.336. The van der Waals surface area contributed by atoms with E-state index in [1.165, 1.54) is 6.08 Å². The number of hydrogen-bond donors (Lipinski definition) is 1. The summed E-state index contributed by atoms with van der Waals surface area (Å²) < 4.78 is 11.4. The summed E-state index contributed by atoms with van der Waals surface area (Å²) in [5.41, 5.74) is 2.81. The van der Waals surface area contributed by atoms with Gasteiger partial charge in [0.25, 0.3) is 0 Å². The van der Waals surface area contributed by atoms with E-state index in [0.717, 1.165) is 23.0 Å². The summed E-state index contributed by atoms with van der Waals surface area (Å²) in [6, 6.07) is 11.1. The molecule has 0 radical (unpaired) electrons. The van der Waals surface area contributed by atoms with Crippen molar-refractivity contribution >= 4 is 23.6 Å². The molecule has 0 aliphatic carbocycles. The van der Waals surface area contributed by atoms with Crippen LogP contribution in [-0.4, -0.2) is 24.3 Å². The molecule has 0 aliphatic heterocycles. The molecule has 0 fully saturated rings. The zero-order chi connectivity index (χ0) is 17.5. The van der Waals surface area contributed by atoms with Gasteiger partial charge in [-0.1, -0.05) is 23.7 Å². The normalized spacial score (nSPS) is 10.8. The molecule has 0 spiro atoms. The summed E-state index contributed by atoms with van der Waals surface area (Å²) >= 11 is 5.94. The van der Waals surface area contributed by atoms with Crippen LogP contribution in [0.1, 0.15) is 16.7 Å². The predicted octanol–water partition coefficient (Wildman–Crippen LogP) is 4.51. The van der Waals surface area contributed by atoms with Crippen molar-refractivity contribution in [1.29, 1.82) is 0 Å². The van der Waals surface area contributed by atoms with Crippen molar-refractivity contribution in [3.8, 4) is 11.5 Å². The second-order valence-corrected chi connectivity index (χ2v) is 5.76. The third kappa shape index (κ3) is 5.32. The second kappa shape index (κ2) is 8.41. The summed E-state index contributed by atoms with van der Waals surface area (Å²) in [7, 11) is 0. The Morgan fingerprint density at radius 3 is 2.50 bits per heavy atom. The number of rotatable bonds is 7. The Balaban J connectivity index is 1.97. The zero-order valence-corrected chi connectivity index (χ0v) is 14.3. The average molecular weight is 347 g/mol. The molecule has 0 heterocycles. The third-order valence-corrected chi connectivity index (χ3v) is 3.55. The van der Waals surface area contributed by atoms with Crippen molar-refractivity contribution in [3.05, 3.63) is 64.2 Å². The van der Waals surface area contributed by atoms with E-state index in [1.54, 1.807) is 18.2 Å². The molecular formula is C19H19ClO4. The lowest BCUT2D eigenvalue weighted by Crippen LogP contribution is -2.10. The largest absolute Gasteiger partial charge is 0.490 e. The third-order valence-electron chi connectivity index (χ3n) is 3.32. The van der Waals surface area contributed by atoms with Crippen LogP contribution in [-0.2, 0) is 4.79 Å². The minimum atomic E-state index is -1.03. The fraction of sp³-hybridized carbons (Fsp3) is 0.211. The monoisotopic (exact) mass is 346 g/mol. The van der Waals surface area contributed by atoms with Crippen LogP contribution in [0.2, 0.25) is 5.02 Å². The zero-order valence-electron chi connectivity index (χ0n) is 13.6. The number of ether oxygens (including phenoxy) is 2. The van der Waals surface area contributed by atoms with Crippen molar-refractivity contribution in [1.82, 2.24) is 0 Å². The maximum Gasteiger partial charge on any atom is 0.328 e. The molecule has 0 bridgehead atoms. The van der Waals surface area contributed by atoms with Gasteiger partial charge in [0.1, 0.15) is 24.7 Å². The lowest BCUT2D eigenvalue weighted by Gasteiger charge is -2.12. The molecule has 0 saturated heterocycles. The van der Waals surface area contributed by atoms with Crippen LogP contribution in [0.5, 0.6) is 11.5 Å². The van der Waals surface area contributed by atoms with Crippen molar-refractivity contribution in [2.24, 2.45) is 0 Å². The van der Waals surface area contributed by atoms with E-state index in [0.29, 0.717) is 29.5 Å². The van der Waals surface area contributed by atoms with Gasteiger partial charge in [-0.25, -0.2) is 4.79 Å². The maximum atomic E-state index is 10.7. The Morgan fingerprint density at radius 1 is 1.08 bits per heavy atom. The van der Waals surface area contributed by atoms with Crippen LogP contribution in [0.25, 0.3) is 6.08 Å². The maximum absolute atomic E-state index is 10.7. The second-order valence-electron chi connectivity index (χ2n) is 5.32. The molecule has 4 nitrogen and oxygen atoms in total. The number of carbonyl (C=O) groups is 1. The summed E-state index contributed by atoms with van der Waals surface area (Å²) in [5, 5.41) is 9.26. The Labute approximate surface area is 146 Å². The number of hydrogen-bond acceptors (Lipinski definition) is 3. The molecule has 2 aromatic rings. The molecule has 1 N–H and O–H groups in total. The summed E-state index contributed by atoms with van der Waals surface area (Å²) in [4.78, 5) is 10.7. The van der Waals surface area contributed by atoms with Crippen LogP contribution in [0.15, 0.2) is 42.5 Å². The lowest BCUT2D eigenvalue weighted by atomic mass is 10.1. The Kier molecular flexibility index (Phi) is 6.27. The molecule has 126 valence electrons. The van der Waals surface area contributed by atoms with Crippen LogP contribution in [0.3, 0.4) is 0 Å². The van der Waals surface area contributed by atoms with Crippen molar-refractivity contribution in [2.45, 2.75) is 13.8 Å². The van der Waals surface area contributed by atoms with Crippen LogP contribution < -0.4 is 9.47 Å². The van der Waals surface area contributed by atoms with Crippen LogP contribution in [0.4, 0.5) is 0 Å². The Bertz CT molecular complexity index is 753. The van der Waals surface area contributed by atoms with E-state index in [1.807, 2.05) is 32.0 Å². The summed E-state index contributed by atoms with van der Waals surface area (Å²) in [5.74, 6) is 0.362. The topological polar surface area (TPSA) is 55.8 Å². The molecule has 2 rings (SSSR count). The van der Waals surface area contributed by atoms with Gasteiger partial charge in [-0.05, 0) is 55.3 Å². The van der Waals surface area contributed by atoms with Crippen molar-refractivity contribution in [3.63, 3.8) is 0 Å². The number of halogens is 1. The van der Waals surface area contributed by atoms with E-state index >= 15 is 0 Å². The number of benzene rings is 2. The van der Waals surface area contributed by atoms with E-state index in [2.05, 4.69) is 0 Å². The van der Waals surface area contributed by atoms with Gasteiger partial charge in [-0.3, -0.25) is 0 Å². The Hall–Kier alpha value is -2.46. The van der Waals surface area contributed by atoms with E-state index in [4.69, 9.17) is 26.2 Å². The molecule has 0 atom stereocenters. The van der Waals surface area contributed by atoms with E-state index in [9.17, 15) is 4.79 Å². The highest BCUT2D eigenvalue weighted by Crippen LogP contribution is 2.24. The van der Waals surface area contributed by atoms with E-state index < -0.39 is 5.97 Å². The number of aliphatic carboxylic acids is 1. The quantitative estimate of drug-likeness (QED) is 0.592. The van der Waals surface area contributed by atoms with Crippen molar-refractivity contribution in [2.75, 3.05) is 13.2 Å². The summed E-state index contributed by atoms with van der Waals surface area (Å²) in [6.07, 6.45) is 2.50. The first-order chi connectivity index (χ1) is 11.5. The highest BCUT2D eigenvalue weighted by atomic mass is 35.5. The number of aryl methyl sites for hydroxylation is 2. The first-order valence-corrected chi connectivity index (χ1v) is 7.87. The SMILES string of the molecule is Cc1ccc(C)c(OCCOc2ccc(Cl)cc2C=CC(=O)O)c1. The standard InChI is InChI=1S/C19H19ClO4/c1-13-3-4-14(2)18(11-13)24-10-9-23-17-7-6-16(20)12-15(17)5-8-19(21)22/h3-8,11-12H,9-10H2,1-2H3,(H,21,22). The lowest BCUT2D eigenvalue weighted by molar-refractivity contribution is -0.131.